The number of ether oxygens (including phenoxy) is 1. The van der Waals surface area contributed by atoms with E-state index in [1.54, 1.807) is 0 Å². The summed E-state index contributed by atoms with van der Waals surface area (Å²) in [5.41, 5.74) is 0.392. The highest BCUT2D eigenvalue weighted by Crippen LogP contribution is 2.12. The maximum atomic E-state index is 12.1. The van der Waals surface area contributed by atoms with E-state index < -0.39 is 22.5 Å². The molecule has 0 saturated carbocycles. The molecule has 9 nitrogen and oxygen atoms in total. The van der Waals surface area contributed by atoms with Crippen LogP contribution in [0, 0.1) is 0 Å². The number of hydrogen-bond acceptors (Lipinski definition) is 8. The molecule has 0 aliphatic heterocycles. The Morgan fingerprint density at radius 2 is 1.88 bits per heavy atom. The molecule has 1 heterocycles. The van der Waals surface area contributed by atoms with Crippen LogP contribution < -0.4 is 4.72 Å². The normalized spacial score (nSPS) is 11.5. The summed E-state index contributed by atoms with van der Waals surface area (Å²) in [5, 5.41) is 3.73. The van der Waals surface area contributed by atoms with Gasteiger partial charge in [0.05, 0.1) is 4.90 Å². The van der Waals surface area contributed by atoms with Gasteiger partial charge in [0.1, 0.15) is 6.54 Å². The first kappa shape index (κ1) is 19.7. The second kappa shape index (κ2) is 8.19. The molecule has 0 atom stereocenters. The zero-order valence-corrected chi connectivity index (χ0v) is 15.4. The van der Waals surface area contributed by atoms with Crippen molar-refractivity contribution in [3.8, 4) is 0 Å². The van der Waals surface area contributed by atoms with Gasteiger partial charge in [0, 0.05) is 11.5 Å². The minimum Gasteiger partial charge on any atom is -0.455 e. The standard InChI is InChI=1S/C16H19N3O6S/c1-10(2)16-18-14(25-19-16)9-24-15(21)8-17-26(22,23)13-6-4-12(5-7-13)11(3)20/h4-7,10,17H,8-9H2,1-3H3. The number of sulfonamides is 1. The van der Waals surface area contributed by atoms with Gasteiger partial charge in [-0.15, -0.1) is 0 Å². The zero-order chi connectivity index (χ0) is 19.3. The Morgan fingerprint density at radius 3 is 2.42 bits per heavy atom. The lowest BCUT2D eigenvalue weighted by molar-refractivity contribution is -0.144. The largest absolute Gasteiger partial charge is 0.455 e. The molecule has 10 heteroatoms. The summed E-state index contributed by atoms with van der Waals surface area (Å²) in [6.07, 6.45) is 0. The van der Waals surface area contributed by atoms with Gasteiger partial charge in [-0.05, 0) is 19.1 Å². The molecule has 0 aliphatic carbocycles. The summed E-state index contributed by atoms with van der Waals surface area (Å²) in [6, 6.07) is 5.38. The van der Waals surface area contributed by atoms with Gasteiger partial charge in [0.2, 0.25) is 10.0 Å². The van der Waals surface area contributed by atoms with Gasteiger partial charge in [-0.25, -0.2) is 8.42 Å². The molecule has 26 heavy (non-hydrogen) atoms. The van der Waals surface area contributed by atoms with E-state index in [2.05, 4.69) is 14.9 Å². The van der Waals surface area contributed by atoms with Crippen LogP contribution in [-0.2, 0) is 26.2 Å². The third-order valence-corrected chi connectivity index (χ3v) is 4.75. The number of benzene rings is 1. The summed E-state index contributed by atoms with van der Waals surface area (Å²) < 4.78 is 36.2. The van der Waals surface area contributed by atoms with E-state index in [4.69, 9.17) is 9.26 Å². The summed E-state index contributed by atoms with van der Waals surface area (Å²) in [6.45, 7) is 4.36. The number of rotatable bonds is 8. The fourth-order valence-corrected chi connectivity index (χ4v) is 2.83. The number of hydrogen-bond donors (Lipinski definition) is 1. The van der Waals surface area contributed by atoms with Gasteiger partial charge < -0.3 is 9.26 Å². The summed E-state index contributed by atoms with van der Waals surface area (Å²) >= 11 is 0. The van der Waals surface area contributed by atoms with E-state index in [1.807, 2.05) is 13.8 Å². The van der Waals surface area contributed by atoms with E-state index in [0.29, 0.717) is 11.4 Å². The number of carbonyl (C=O) groups excluding carboxylic acids is 2. The topological polar surface area (TPSA) is 128 Å². The van der Waals surface area contributed by atoms with Crippen molar-refractivity contribution in [2.45, 2.75) is 38.2 Å². The van der Waals surface area contributed by atoms with Gasteiger partial charge in [0.15, 0.2) is 18.2 Å². The third kappa shape index (κ3) is 5.20. The predicted octanol–water partition coefficient (Wildman–Crippen LogP) is 1.42. The Morgan fingerprint density at radius 1 is 1.23 bits per heavy atom. The highest BCUT2D eigenvalue weighted by molar-refractivity contribution is 7.89. The van der Waals surface area contributed by atoms with Gasteiger partial charge in [0.25, 0.3) is 5.89 Å². The van der Waals surface area contributed by atoms with E-state index >= 15 is 0 Å². The quantitative estimate of drug-likeness (QED) is 0.537. The molecule has 0 bridgehead atoms. The molecular weight excluding hydrogens is 362 g/mol. The molecule has 0 radical (unpaired) electrons. The first-order valence-electron chi connectivity index (χ1n) is 7.78. The maximum Gasteiger partial charge on any atom is 0.321 e. The molecule has 1 N–H and O–H groups in total. The van der Waals surface area contributed by atoms with Crippen molar-refractivity contribution < 1.29 is 27.3 Å². The SMILES string of the molecule is CC(=O)c1ccc(S(=O)(=O)NCC(=O)OCc2nc(C(C)C)no2)cc1. The van der Waals surface area contributed by atoms with E-state index in [-0.39, 0.29) is 29.1 Å². The fourth-order valence-electron chi connectivity index (χ4n) is 1.86. The minimum absolute atomic E-state index is 0.0613. The molecular formula is C16H19N3O6S. The molecule has 1 aromatic heterocycles. The molecule has 0 aliphatic rings. The fraction of sp³-hybridized carbons (Fsp3) is 0.375. The molecule has 140 valence electrons. The van der Waals surface area contributed by atoms with Gasteiger partial charge in [-0.2, -0.15) is 9.71 Å². The van der Waals surface area contributed by atoms with Crippen molar-refractivity contribution in [2.24, 2.45) is 0 Å². The molecule has 2 rings (SSSR count). The van der Waals surface area contributed by atoms with E-state index in [9.17, 15) is 18.0 Å². The van der Waals surface area contributed by atoms with Crippen LogP contribution in [0.3, 0.4) is 0 Å². The second-order valence-electron chi connectivity index (χ2n) is 5.77. The number of nitrogens with zero attached hydrogens (tertiary/aromatic N) is 2. The monoisotopic (exact) mass is 381 g/mol. The lowest BCUT2D eigenvalue weighted by Gasteiger charge is -2.07. The zero-order valence-electron chi connectivity index (χ0n) is 14.6. The van der Waals surface area contributed by atoms with Crippen LogP contribution in [0.15, 0.2) is 33.7 Å². The summed E-state index contributed by atoms with van der Waals surface area (Å²) in [5.74, 6) is -0.273. The highest BCUT2D eigenvalue weighted by atomic mass is 32.2. The van der Waals surface area contributed by atoms with Crippen LogP contribution in [0.5, 0.6) is 0 Å². The van der Waals surface area contributed by atoms with Gasteiger partial charge in [-0.3, -0.25) is 9.59 Å². The Bertz CT molecular complexity index is 887. The molecule has 0 amide bonds. The first-order valence-corrected chi connectivity index (χ1v) is 9.26. The molecule has 0 unspecified atom stereocenters. The highest BCUT2D eigenvalue weighted by Gasteiger charge is 2.17. The van der Waals surface area contributed by atoms with Crippen LogP contribution in [-0.4, -0.2) is 36.9 Å². The van der Waals surface area contributed by atoms with E-state index in [1.165, 1.54) is 31.2 Å². The number of aromatic nitrogens is 2. The van der Waals surface area contributed by atoms with Crippen molar-refractivity contribution in [3.05, 3.63) is 41.5 Å². The Balaban J connectivity index is 1.87. The maximum absolute atomic E-state index is 12.1. The van der Waals surface area contributed by atoms with Gasteiger partial charge in [-0.1, -0.05) is 31.1 Å². The number of carbonyl (C=O) groups is 2. The van der Waals surface area contributed by atoms with Crippen molar-refractivity contribution in [2.75, 3.05) is 6.54 Å². The third-order valence-electron chi connectivity index (χ3n) is 3.33. The number of nitrogens with one attached hydrogen (secondary N) is 1. The smallest absolute Gasteiger partial charge is 0.321 e. The van der Waals surface area contributed by atoms with Crippen LogP contribution in [0.4, 0.5) is 0 Å². The molecule has 0 fully saturated rings. The van der Waals surface area contributed by atoms with Gasteiger partial charge >= 0.3 is 5.97 Å². The van der Waals surface area contributed by atoms with Crippen LogP contribution in [0.2, 0.25) is 0 Å². The number of esters is 1. The first-order chi connectivity index (χ1) is 12.2. The van der Waals surface area contributed by atoms with Crippen LogP contribution in [0.1, 0.15) is 48.8 Å². The lowest BCUT2D eigenvalue weighted by Crippen LogP contribution is -2.30. The molecule has 1 aromatic carbocycles. The second-order valence-corrected chi connectivity index (χ2v) is 7.53. The van der Waals surface area contributed by atoms with Crippen molar-refractivity contribution in [1.82, 2.24) is 14.9 Å². The average molecular weight is 381 g/mol. The van der Waals surface area contributed by atoms with E-state index in [0.717, 1.165) is 0 Å². The van der Waals surface area contributed by atoms with Crippen molar-refractivity contribution in [1.29, 1.82) is 0 Å². The minimum atomic E-state index is -3.90. The Kier molecular flexibility index (Phi) is 6.22. The number of ketones is 1. The number of Topliss-reactive ketones (excluding diaryl/α,β-unsaturated/α-hetero) is 1. The molecule has 0 spiro atoms. The van der Waals surface area contributed by atoms with Crippen LogP contribution >= 0.6 is 0 Å². The lowest BCUT2D eigenvalue weighted by atomic mass is 10.2. The van der Waals surface area contributed by atoms with Crippen molar-refractivity contribution in [3.63, 3.8) is 0 Å². The Hall–Kier alpha value is -2.59. The summed E-state index contributed by atoms with van der Waals surface area (Å²) in [7, 11) is -3.90. The van der Waals surface area contributed by atoms with Crippen molar-refractivity contribution >= 4 is 21.8 Å². The van der Waals surface area contributed by atoms with Crippen LogP contribution in [0.25, 0.3) is 0 Å². The molecule has 2 aromatic rings. The average Bonchev–Trinajstić information content (AvgIpc) is 3.07. The molecule has 0 saturated heterocycles. The predicted molar refractivity (Wildman–Crippen MR) is 89.8 cm³/mol. The Labute approximate surface area is 150 Å². The summed E-state index contributed by atoms with van der Waals surface area (Å²) in [4.78, 5) is 26.9.